The Bertz CT molecular complexity index is 280. The van der Waals surface area contributed by atoms with Gasteiger partial charge in [-0.25, -0.2) is 0 Å². The van der Waals surface area contributed by atoms with Gasteiger partial charge in [-0.05, 0) is 69.1 Å². The van der Waals surface area contributed by atoms with Crippen molar-refractivity contribution in [2.75, 3.05) is 13.2 Å². The molecule has 0 aromatic carbocycles. The Kier molecular flexibility index (Phi) is 7.85. The lowest BCUT2D eigenvalue weighted by molar-refractivity contribution is 0.0779. The number of hydrogen-bond acceptors (Lipinski definition) is 1. The molecule has 0 aromatic rings. The summed E-state index contributed by atoms with van der Waals surface area (Å²) in [6.07, 6.45) is 18.9. The lowest BCUT2D eigenvalue weighted by atomic mass is 9.69. The third-order valence-corrected chi connectivity index (χ3v) is 5.95. The maximum Gasteiger partial charge on any atom is 0.0647 e. The summed E-state index contributed by atoms with van der Waals surface area (Å²) >= 11 is 0. The first-order valence-corrected chi connectivity index (χ1v) is 9.52. The van der Waals surface area contributed by atoms with E-state index < -0.39 is 0 Å². The van der Waals surface area contributed by atoms with Crippen LogP contribution in [0.1, 0.15) is 78.1 Å². The number of allylic oxidation sites excluding steroid dienone is 1. The van der Waals surface area contributed by atoms with E-state index in [9.17, 15) is 0 Å². The van der Waals surface area contributed by atoms with E-state index in [4.69, 9.17) is 4.74 Å². The first-order chi connectivity index (χ1) is 10.3. The molecule has 0 amide bonds. The van der Waals surface area contributed by atoms with Gasteiger partial charge in [0.1, 0.15) is 0 Å². The fourth-order valence-corrected chi connectivity index (χ4v) is 4.58. The Labute approximate surface area is 132 Å². The third-order valence-electron chi connectivity index (χ3n) is 5.95. The van der Waals surface area contributed by atoms with Crippen LogP contribution in [0.4, 0.5) is 0 Å². The molecule has 0 radical (unpaired) electrons. The molecule has 0 atom stereocenters. The van der Waals surface area contributed by atoms with E-state index in [0.29, 0.717) is 0 Å². The van der Waals surface area contributed by atoms with Crippen molar-refractivity contribution in [3.8, 4) is 0 Å². The van der Waals surface area contributed by atoms with Crippen molar-refractivity contribution in [3.05, 3.63) is 12.2 Å². The van der Waals surface area contributed by atoms with Gasteiger partial charge in [-0.15, -0.1) is 0 Å². The second kappa shape index (κ2) is 9.66. The zero-order chi connectivity index (χ0) is 14.9. The molecule has 2 fully saturated rings. The molecule has 0 heterocycles. The second-order valence-corrected chi connectivity index (χ2v) is 7.46. The molecular formula is C20H36O. The number of ether oxygens (including phenoxy) is 1. The fourth-order valence-electron chi connectivity index (χ4n) is 4.58. The summed E-state index contributed by atoms with van der Waals surface area (Å²) in [6, 6.07) is 0. The molecule has 2 aliphatic rings. The predicted molar refractivity (Wildman–Crippen MR) is 91.4 cm³/mol. The highest BCUT2D eigenvalue weighted by molar-refractivity contribution is 4.82. The topological polar surface area (TPSA) is 9.23 Å². The molecule has 2 saturated carbocycles. The quantitative estimate of drug-likeness (QED) is 0.413. The zero-order valence-corrected chi connectivity index (χ0v) is 14.4. The molecule has 0 aromatic heterocycles. The normalized spacial score (nSPS) is 34.4. The van der Waals surface area contributed by atoms with Crippen LogP contribution in [0.3, 0.4) is 0 Å². The molecule has 1 nitrogen and oxygen atoms in total. The molecule has 122 valence electrons. The standard InChI is InChI=1S/C20H36O/c1-3-5-15-21-16-18-9-13-20(14-10-18)19-11-7-17(6-4-2)8-12-19/h3,5,17-20H,4,6-16H2,1-2H3. The van der Waals surface area contributed by atoms with Crippen molar-refractivity contribution in [1.29, 1.82) is 0 Å². The Balaban J connectivity index is 1.61. The maximum atomic E-state index is 5.75. The minimum Gasteiger partial charge on any atom is -0.377 e. The Morgan fingerprint density at radius 1 is 0.857 bits per heavy atom. The second-order valence-electron chi connectivity index (χ2n) is 7.46. The summed E-state index contributed by atoms with van der Waals surface area (Å²) in [5, 5.41) is 0. The summed E-state index contributed by atoms with van der Waals surface area (Å²) in [6.45, 7) is 6.19. The van der Waals surface area contributed by atoms with Crippen LogP contribution in [-0.2, 0) is 4.74 Å². The molecule has 0 bridgehead atoms. The molecule has 0 unspecified atom stereocenters. The lowest BCUT2D eigenvalue weighted by Gasteiger charge is -2.37. The third kappa shape index (κ3) is 5.77. The summed E-state index contributed by atoms with van der Waals surface area (Å²) < 4.78 is 5.75. The summed E-state index contributed by atoms with van der Waals surface area (Å²) in [5.74, 6) is 3.99. The highest BCUT2D eigenvalue weighted by Crippen LogP contribution is 2.42. The van der Waals surface area contributed by atoms with E-state index in [1.54, 1.807) is 0 Å². The van der Waals surface area contributed by atoms with Crippen LogP contribution in [0.2, 0.25) is 0 Å². The van der Waals surface area contributed by atoms with Gasteiger partial charge in [0.25, 0.3) is 0 Å². The largest absolute Gasteiger partial charge is 0.377 e. The van der Waals surface area contributed by atoms with E-state index in [1.807, 2.05) is 0 Å². The Morgan fingerprint density at radius 2 is 1.43 bits per heavy atom. The SMILES string of the molecule is CC=CCOCC1CCC(C2CCC(CCC)CC2)CC1. The first-order valence-electron chi connectivity index (χ1n) is 9.52. The smallest absolute Gasteiger partial charge is 0.0647 e. The zero-order valence-electron chi connectivity index (χ0n) is 14.4. The van der Waals surface area contributed by atoms with Gasteiger partial charge in [0, 0.05) is 6.61 Å². The molecule has 2 aliphatic carbocycles. The summed E-state index contributed by atoms with van der Waals surface area (Å²) in [5.41, 5.74) is 0. The van der Waals surface area contributed by atoms with Crippen LogP contribution in [0.15, 0.2) is 12.2 Å². The van der Waals surface area contributed by atoms with Gasteiger partial charge in [0.15, 0.2) is 0 Å². The fraction of sp³-hybridized carbons (Fsp3) is 0.900. The Morgan fingerprint density at radius 3 is 1.95 bits per heavy atom. The molecule has 0 spiro atoms. The highest BCUT2D eigenvalue weighted by atomic mass is 16.5. The molecule has 2 rings (SSSR count). The minimum absolute atomic E-state index is 0.803. The number of rotatable bonds is 7. The van der Waals surface area contributed by atoms with Crippen LogP contribution in [-0.4, -0.2) is 13.2 Å². The van der Waals surface area contributed by atoms with Crippen molar-refractivity contribution in [3.63, 3.8) is 0 Å². The van der Waals surface area contributed by atoms with Crippen LogP contribution in [0.25, 0.3) is 0 Å². The van der Waals surface area contributed by atoms with Gasteiger partial charge < -0.3 is 4.74 Å². The van der Waals surface area contributed by atoms with Crippen molar-refractivity contribution in [2.45, 2.75) is 78.1 Å². The van der Waals surface area contributed by atoms with Gasteiger partial charge in [-0.2, -0.15) is 0 Å². The van der Waals surface area contributed by atoms with Crippen LogP contribution < -0.4 is 0 Å². The van der Waals surface area contributed by atoms with Gasteiger partial charge in [0.05, 0.1) is 6.61 Å². The minimum atomic E-state index is 0.803. The van der Waals surface area contributed by atoms with E-state index in [2.05, 4.69) is 26.0 Å². The van der Waals surface area contributed by atoms with Gasteiger partial charge in [-0.3, -0.25) is 0 Å². The summed E-state index contributed by atoms with van der Waals surface area (Å²) in [4.78, 5) is 0. The van der Waals surface area contributed by atoms with Crippen molar-refractivity contribution in [1.82, 2.24) is 0 Å². The van der Waals surface area contributed by atoms with Crippen LogP contribution >= 0.6 is 0 Å². The van der Waals surface area contributed by atoms with Gasteiger partial charge in [0.2, 0.25) is 0 Å². The average Bonchev–Trinajstić information content (AvgIpc) is 2.53. The van der Waals surface area contributed by atoms with Gasteiger partial charge in [-0.1, -0.05) is 44.8 Å². The van der Waals surface area contributed by atoms with E-state index in [0.717, 1.165) is 36.9 Å². The van der Waals surface area contributed by atoms with Crippen LogP contribution in [0.5, 0.6) is 0 Å². The Hall–Kier alpha value is -0.300. The van der Waals surface area contributed by atoms with E-state index in [-0.39, 0.29) is 0 Å². The average molecular weight is 293 g/mol. The van der Waals surface area contributed by atoms with Crippen LogP contribution in [0, 0.1) is 23.7 Å². The van der Waals surface area contributed by atoms with Gasteiger partial charge >= 0.3 is 0 Å². The molecule has 0 N–H and O–H groups in total. The summed E-state index contributed by atoms with van der Waals surface area (Å²) in [7, 11) is 0. The first kappa shape index (κ1) is 17.1. The van der Waals surface area contributed by atoms with Crippen molar-refractivity contribution >= 4 is 0 Å². The monoisotopic (exact) mass is 292 g/mol. The van der Waals surface area contributed by atoms with E-state index >= 15 is 0 Å². The molecule has 1 heteroatoms. The molecule has 0 aliphatic heterocycles. The maximum absolute atomic E-state index is 5.75. The molecule has 21 heavy (non-hydrogen) atoms. The molecular weight excluding hydrogens is 256 g/mol. The number of hydrogen-bond donors (Lipinski definition) is 0. The van der Waals surface area contributed by atoms with E-state index in [1.165, 1.54) is 64.2 Å². The highest BCUT2D eigenvalue weighted by Gasteiger charge is 2.30. The van der Waals surface area contributed by atoms with Crippen molar-refractivity contribution < 1.29 is 4.74 Å². The lowest BCUT2D eigenvalue weighted by Crippen LogP contribution is -2.27. The predicted octanol–water partition coefficient (Wildman–Crippen LogP) is 5.99. The molecule has 0 saturated heterocycles. The van der Waals surface area contributed by atoms with Crippen molar-refractivity contribution in [2.24, 2.45) is 23.7 Å².